The van der Waals surface area contributed by atoms with Gasteiger partial charge in [0.05, 0.1) is 0 Å². The molecule has 1 atom stereocenters. The van der Waals surface area contributed by atoms with E-state index in [1.165, 1.54) is 5.56 Å². The molecule has 0 radical (unpaired) electrons. The monoisotopic (exact) mass is 342 g/mol. The number of carbonyl (C=O) groups is 1. The van der Waals surface area contributed by atoms with E-state index in [1.54, 1.807) is 0 Å². The van der Waals surface area contributed by atoms with Gasteiger partial charge in [-0.3, -0.25) is 9.78 Å². The number of hydrogen-bond donors (Lipinski definition) is 0. The van der Waals surface area contributed by atoms with Gasteiger partial charge in [0.1, 0.15) is 0 Å². The third-order valence-electron chi connectivity index (χ3n) is 4.74. The van der Waals surface area contributed by atoms with Crippen LogP contribution in [0.15, 0.2) is 28.9 Å². The molecule has 1 saturated heterocycles. The number of aryl methyl sites for hydroxylation is 2. The van der Waals surface area contributed by atoms with Crippen molar-refractivity contribution in [3.05, 3.63) is 41.9 Å². The molecule has 2 aromatic rings. The number of pyridine rings is 1. The van der Waals surface area contributed by atoms with Crippen LogP contribution in [0.25, 0.3) is 0 Å². The van der Waals surface area contributed by atoms with Crippen LogP contribution < -0.4 is 0 Å². The lowest BCUT2D eigenvalue weighted by Gasteiger charge is -2.24. The average molecular weight is 342 g/mol. The molecule has 3 rings (SSSR count). The molecule has 0 aromatic carbocycles. The van der Waals surface area contributed by atoms with Crippen LogP contribution in [0.1, 0.15) is 62.8 Å². The molecule has 0 aliphatic carbocycles. The summed E-state index contributed by atoms with van der Waals surface area (Å²) in [5, 5.41) is 8.06. The van der Waals surface area contributed by atoms with Gasteiger partial charge in [0, 0.05) is 43.7 Å². The number of likely N-dealkylation sites (tertiary alicyclic amines) is 1. The van der Waals surface area contributed by atoms with Crippen LogP contribution in [0.3, 0.4) is 0 Å². The van der Waals surface area contributed by atoms with Crippen molar-refractivity contribution >= 4 is 5.91 Å². The van der Waals surface area contributed by atoms with Gasteiger partial charge in [-0.15, -0.1) is 10.2 Å². The summed E-state index contributed by atoms with van der Waals surface area (Å²) < 4.78 is 5.59. The minimum Gasteiger partial charge on any atom is -0.425 e. The van der Waals surface area contributed by atoms with Gasteiger partial charge in [0.2, 0.25) is 17.7 Å². The first-order valence-corrected chi connectivity index (χ1v) is 9.14. The Morgan fingerprint density at radius 2 is 2.08 bits per heavy atom. The van der Waals surface area contributed by atoms with Gasteiger partial charge in [-0.05, 0) is 43.4 Å². The van der Waals surface area contributed by atoms with Crippen molar-refractivity contribution in [2.45, 2.75) is 64.3 Å². The second-order valence-electron chi connectivity index (χ2n) is 6.97. The minimum atomic E-state index is 0.196. The molecule has 3 heterocycles. The van der Waals surface area contributed by atoms with E-state index < -0.39 is 0 Å². The molecule has 1 fully saturated rings. The van der Waals surface area contributed by atoms with E-state index >= 15 is 0 Å². The highest BCUT2D eigenvalue weighted by Crippen LogP contribution is 2.23. The topological polar surface area (TPSA) is 72.1 Å². The fourth-order valence-corrected chi connectivity index (χ4v) is 3.31. The number of rotatable bonds is 7. The summed E-state index contributed by atoms with van der Waals surface area (Å²) >= 11 is 0. The second-order valence-corrected chi connectivity index (χ2v) is 6.97. The van der Waals surface area contributed by atoms with Gasteiger partial charge in [-0.25, -0.2) is 0 Å². The number of hydrogen-bond acceptors (Lipinski definition) is 5. The summed E-state index contributed by atoms with van der Waals surface area (Å²) in [7, 11) is 0. The van der Waals surface area contributed by atoms with Gasteiger partial charge >= 0.3 is 0 Å². The molecule has 134 valence electrons. The molecule has 0 saturated carbocycles. The van der Waals surface area contributed by atoms with Crippen LogP contribution in [0.2, 0.25) is 0 Å². The summed E-state index contributed by atoms with van der Waals surface area (Å²) in [6.07, 6.45) is 8.77. The lowest BCUT2D eigenvalue weighted by molar-refractivity contribution is -0.132. The third kappa shape index (κ3) is 4.65. The maximum Gasteiger partial charge on any atom is 0.223 e. The van der Waals surface area contributed by atoms with Crippen LogP contribution in [-0.4, -0.2) is 38.6 Å². The second kappa shape index (κ2) is 8.23. The van der Waals surface area contributed by atoms with Gasteiger partial charge in [-0.2, -0.15) is 0 Å². The standard InChI is InChI=1S/C19H26N4O2/c1-14(2)19-22-21-17(25-19)7-8-18(24)23-13-3-4-16(23)6-5-15-9-11-20-12-10-15/h9-12,14,16H,3-8,13H2,1-2H3/t16-/m0/s1. The minimum absolute atomic E-state index is 0.196. The molecule has 1 amide bonds. The third-order valence-corrected chi connectivity index (χ3v) is 4.74. The lowest BCUT2D eigenvalue weighted by atomic mass is 10.0. The summed E-state index contributed by atoms with van der Waals surface area (Å²) in [6.45, 7) is 4.89. The maximum absolute atomic E-state index is 12.6. The van der Waals surface area contributed by atoms with Crippen molar-refractivity contribution in [1.82, 2.24) is 20.1 Å². The summed E-state index contributed by atoms with van der Waals surface area (Å²) in [5.41, 5.74) is 1.28. The molecule has 0 spiro atoms. The highest BCUT2D eigenvalue weighted by atomic mass is 16.4. The number of aromatic nitrogens is 3. The van der Waals surface area contributed by atoms with Crippen LogP contribution in [0.5, 0.6) is 0 Å². The molecule has 1 aliphatic heterocycles. The first-order valence-electron chi connectivity index (χ1n) is 9.14. The van der Waals surface area contributed by atoms with Gasteiger partial charge in [-0.1, -0.05) is 13.8 Å². The predicted molar refractivity (Wildman–Crippen MR) is 94.0 cm³/mol. The van der Waals surface area contributed by atoms with E-state index in [0.717, 1.165) is 32.2 Å². The van der Waals surface area contributed by atoms with Gasteiger partial charge < -0.3 is 9.32 Å². The number of amides is 1. The first-order chi connectivity index (χ1) is 12.1. The van der Waals surface area contributed by atoms with Crippen molar-refractivity contribution in [2.75, 3.05) is 6.54 Å². The van der Waals surface area contributed by atoms with Crippen LogP contribution in [-0.2, 0) is 17.6 Å². The lowest BCUT2D eigenvalue weighted by Crippen LogP contribution is -2.36. The van der Waals surface area contributed by atoms with Crippen molar-refractivity contribution in [3.8, 4) is 0 Å². The van der Waals surface area contributed by atoms with Crippen LogP contribution >= 0.6 is 0 Å². The average Bonchev–Trinajstić information content (AvgIpc) is 3.28. The Kier molecular flexibility index (Phi) is 5.79. The highest BCUT2D eigenvalue weighted by Gasteiger charge is 2.28. The normalized spacial score (nSPS) is 17.4. The van der Waals surface area contributed by atoms with E-state index in [0.29, 0.717) is 30.7 Å². The maximum atomic E-state index is 12.6. The van der Waals surface area contributed by atoms with Crippen LogP contribution in [0.4, 0.5) is 0 Å². The van der Waals surface area contributed by atoms with E-state index in [1.807, 2.05) is 43.3 Å². The summed E-state index contributed by atoms with van der Waals surface area (Å²) in [5.74, 6) is 1.61. The molecule has 2 aromatic heterocycles. The van der Waals surface area contributed by atoms with Crippen LogP contribution in [0, 0.1) is 0 Å². The Morgan fingerprint density at radius 3 is 2.80 bits per heavy atom. The molecule has 0 unspecified atom stereocenters. The Labute approximate surface area is 148 Å². The molecule has 1 aliphatic rings. The molecule has 0 bridgehead atoms. The Morgan fingerprint density at radius 1 is 1.28 bits per heavy atom. The van der Waals surface area contributed by atoms with Crippen molar-refractivity contribution in [1.29, 1.82) is 0 Å². The quantitative estimate of drug-likeness (QED) is 0.773. The Bertz CT molecular complexity index is 684. The van der Waals surface area contributed by atoms with E-state index in [9.17, 15) is 4.79 Å². The van der Waals surface area contributed by atoms with Crippen molar-refractivity contribution < 1.29 is 9.21 Å². The molecule has 25 heavy (non-hydrogen) atoms. The number of nitrogens with zero attached hydrogens (tertiary/aromatic N) is 4. The zero-order valence-corrected chi connectivity index (χ0v) is 15.0. The Hall–Kier alpha value is -2.24. The van der Waals surface area contributed by atoms with Gasteiger partial charge in [0.25, 0.3) is 0 Å². The van der Waals surface area contributed by atoms with Gasteiger partial charge in [0.15, 0.2) is 0 Å². The summed E-state index contributed by atoms with van der Waals surface area (Å²) in [4.78, 5) is 18.7. The summed E-state index contributed by atoms with van der Waals surface area (Å²) in [6, 6.07) is 4.43. The van der Waals surface area contributed by atoms with E-state index in [-0.39, 0.29) is 11.8 Å². The molecule has 0 N–H and O–H groups in total. The van der Waals surface area contributed by atoms with E-state index in [2.05, 4.69) is 15.2 Å². The first kappa shape index (κ1) is 17.6. The fourth-order valence-electron chi connectivity index (χ4n) is 3.31. The van der Waals surface area contributed by atoms with Crippen molar-refractivity contribution in [2.24, 2.45) is 0 Å². The van der Waals surface area contributed by atoms with Crippen molar-refractivity contribution in [3.63, 3.8) is 0 Å². The molecular weight excluding hydrogens is 316 g/mol. The molecule has 6 nitrogen and oxygen atoms in total. The zero-order chi connectivity index (χ0) is 17.6. The largest absolute Gasteiger partial charge is 0.425 e. The molecule has 6 heteroatoms. The SMILES string of the molecule is CC(C)c1nnc(CCC(=O)N2CCC[C@H]2CCc2ccncc2)o1. The predicted octanol–water partition coefficient (Wildman–Crippen LogP) is 3.14. The highest BCUT2D eigenvalue weighted by molar-refractivity contribution is 5.77. The molecular formula is C19H26N4O2. The smallest absolute Gasteiger partial charge is 0.223 e. The fraction of sp³-hybridized carbons (Fsp3) is 0.579. The Balaban J connectivity index is 1.49. The van der Waals surface area contributed by atoms with E-state index in [4.69, 9.17) is 4.42 Å². The number of carbonyl (C=O) groups excluding carboxylic acids is 1. The zero-order valence-electron chi connectivity index (χ0n) is 15.0.